The third-order valence-electron chi connectivity index (χ3n) is 3.09. The van der Waals surface area contributed by atoms with Crippen molar-refractivity contribution in [3.05, 3.63) is 23.8 Å². The fourth-order valence-corrected chi connectivity index (χ4v) is 2.35. The number of nitrogens with zero attached hydrogens (tertiary/aromatic N) is 3. The third-order valence-corrected chi connectivity index (χ3v) is 3.09. The van der Waals surface area contributed by atoms with E-state index in [1.165, 1.54) is 0 Å². The van der Waals surface area contributed by atoms with Crippen molar-refractivity contribution in [3.63, 3.8) is 0 Å². The third kappa shape index (κ3) is 1.57. The van der Waals surface area contributed by atoms with Gasteiger partial charge in [-0.2, -0.15) is 5.10 Å². The maximum Gasteiger partial charge on any atom is 0.267 e. The van der Waals surface area contributed by atoms with Gasteiger partial charge in [-0.25, -0.2) is 14.6 Å². The highest BCUT2D eigenvalue weighted by Gasteiger charge is 2.08. The summed E-state index contributed by atoms with van der Waals surface area (Å²) in [5.74, 6) is 1.90. The van der Waals surface area contributed by atoms with Crippen molar-refractivity contribution in [2.45, 2.75) is 13.8 Å². The van der Waals surface area contributed by atoms with Gasteiger partial charge in [-0.05, 0) is 13.0 Å². The Kier molecular flexibility index (Phi) is 2.19. The number of hydrogen-bond acceptors (Lipinski definition) is 1. The summed E-state index contributed by atoms with van der Waals surface area (Å²) in [6, 6.07) is 4.19. The largest absolute Gasteiger partial charge is 0.288 e. The summed E-state index contributed by atoms with van der Waals surface area (Å²) in [5, 5.41) is 6.41. The van der Waals surface area contributed by atoms with Crippen LogP contribution in [0.5, 0.6) is 0 Å². The normalized spacial score (nSPS) is 11.3. The fourth-order valence-electron chi connectivity index (χ4n) is 2.35. The molecule has 0 aliphatic rings. The molecule has 1 aromatic carbocycles. The summed E-state index contributed by atoms with van der Waals surface area (Å²) in [7, 11) is 3.99. The maximum absolute atomic E-state index is 4.53. The molecule has 0 aliphatic carbocycles. The quantitative estimate of drug-likeness (QED) is 0.575. The van der Waals surface area contributed by atoms with Crippen LogP contribution in [0.1, 0.15) is 11.6 Å². The average Bonchev–Trinajstić information content (AvgIpc) is 2.26. The summed E-state index contributed by atoms with van der Waals surface area (Å²) in [6.07, 6.45) is 0. The lowest BCUT2D eigenvalue weighted by Crippen LogP contribution is -2.17. The Labute approximate surface area is 104 Å². The van der Waals surface area contributed by atoms with Crippen molar-refractivity contribution in [2.75, 3.05) is 0 Å². The molecule has 0 bridgehead atoms. The van der Waals surface area contributed by atoms with E-state index in [0.717, 1.165) is 33.7 Å². The highest BCUT2D eigenvalue weighted by Crippen LogP contribution is 2.17. The first-order valence-electron chi connectivity index (χ1n) is 5.89. The van der Waals surface area contributed by atoms with Gasteiger partial charge >= 0.3 is 0 Å². The van der Waals surface area contributed by atoms with Crippen LogP contribution in [0.25, 0.3) is 22.1 Å². The van der Waals surface area contributed by atoms with Crippen LogP contribution < -0.4 is 4.98 Å². The second-order valence-corrected chi connectivity index (χ2v) is 4.65. The van der Waals surface area contributed by atoms with E-state index in [9.17, 15) is 0 Å². The summed E-state index contributed by atoms with van der Waals surface area (Å²) in [4.78, 5) is 7.86. The molecule has 2 aromatic heterocycles. The SMILES string of the molecule is Cc1nc2cc3[nH+]c(C)[nH]n(C)c3cc2n(C)[nH]1. The minimum atomic E-state index is 0.896. The molecule has 94 valence electrons. The summed E-state index contributed by atoms with van der Waals surface area (Å²) in [6.45, 7) is 3.96. The molecule has 0 saturated carbocycles. The van der Waals surface area contributed by atoms with Crippen molar-refractivity contribution >= 4 is 22.1 Å². The Hall–Kier alpha value is -2.24. The Morgan fingerprint density at radius 3 is 2.56 bits per heavy atom. The number of nitrogens with one attached hydrogen (secondary N) is 3. The number of fused-ring (bicyclic) bond motifs is 2. The van der Waals surface area contributed by atoms with E-state index in [1.807, 2.05) is 37.3 Å². The highest BCUT2D eigenvalue weighted by atomic mass is 15.3. The molecule has 0 spiro atoms. The lowest BCUT2D eigenvalue weighted by Gasteiger charge is -2.09. The van der Waals surface area contributed by atoms with Crippen molar-refractivity contribution in [2.24, 2.45) is 14.1 Å². The molecule has 2 heterocycles. The van der Waals surface area contributed by atoms with Gasteiger partial charge in [0.15, 0.2) is 5.52 Å². The fraction of sp³-hybridized carbons (Fsp3) is 0.333. The first kappa shape index (κ1) is 10.9. The van der Waals surface area contributed by atoms with Crippen LogP contribution >= 0.6 is 0 Å². The van der Waals surface area contributed by atoms with E-state index in [0.29, 0.717) is 0 Å². The van der Waals surface area contributed by atoms with E-state index >= 15 is 0 Å². The van der Waals surface area contributed by atoms with Crippen molar-refractivity contribution < 1.29 is 4.98 Å². The number of hydrogen-bond donors (Lipinski definition) is 2. The van der Waals surface area contributed by atoms with Crippen LogP contribution in [0.15, 0.2) is 12.1 Å². The number of benzene rings is 1. The summed E-state index contributed by atoms with van der Waals surface area (Å²) < 4.78 is 3.98. The molecule has 0 atom stereocenters. The molecule has 3 aromatic rings. The zero-order valence-corrected chi connectivity index (χ0v) is 11.0. The number of aromatic nitrogens is 6. The van der Waals surface area contributed by atoms with E-state index in [4.69, 9.17) is 0 Å². The molecule has 3 rings (SSSR count). The topological polar surface area (TPSA) is 68.5 Å². The van der Waals surface area contributed by atoms with Gasteiger partial charge in [0.05, 0.1) is 11.0 Å². The van der Waals surface area contributed by atoms with Crippen LogP contribution in [-0.4, -0.2) is 24.5 Å². The highest BCUT2D eigenvalue weighted by molar-refractivity contribution is 5.89. The van der Waals surface area contributed by atoms with E-state index < -0.39 is 0 Å². The molecule has 6 heteroatoms. The van der Waals surface area contributed by atoms with Crippen LogP contribution in [-0.2, 0) is 14.1 Å². The molecule has 0 amide bonds. The van der Waals surface area contributed by atoms with Gasteiger partial charge in [-0.15, -0.1) is 0 Å². The lowest BCUT2D eigenvalue weighted by molar-refractivity contribution is -0.362. The first-order chi connectivity index (χ1) is 8.54. The van der Waals surface area contributed by atoms with Crippen molar-refractivity contribution in [1.29, 1.82) is 0 Å². The number of aryl methyl sites for hydroxylation is 4. The first-order valence-corrected chi connectivity index (χ1v) is 5.89. The van der Waals surface area contributed by atoms with E-state index in [-0.39, 0.29) is 0 Å². The zero-order valence-electron chi connectivity index (χ0n) is 11.0. The molecule has 0 unspecified atom stereocenters. The molecule has 6 nitrogen and oxygen atoms in total. The number of rotatable bonds is 0. The van der Waals surface area contributed by atoms with E-state index in [2.05, 4.69) is 32.3 Å². The molecular weight excluding hydrogens is 228 g/mol. The van der Waals surface area contributed by atoms with Gasteiger partial charge in [-0.1, -0.05) is 0 Å². The second kappa shape index (κ2) is 3.63. The van der Waals surface area contributed by atoms with Crippen molar-refractivity contribution in [1.82, 2.24) is 24.5 Å². The van der Waals surface area contributed by atoms with Crippen molar-refractivity contribution in [3.8, 4) is 0 Å². The van der Waals surface area contributed by atoms with Gasteiger partial charge in [0, 0.05) is 27.1 Å². The Balaban J connectivity index is 2.51. The molecule has 0 fully saturated rings. The zero-order chi connectivity index (χ0) is 12.9. The predicted molar refractivity (Wildman–Crippen MR) is 69.6 cm³/mol. The smallest absolute Gasteiger partial charge is 0.267 e. The molecule has 18 heavy (non-hydrogen) atoms. The minimum Gasteiger partial charge on any atom is -0.288 e. The van der Waals surface area contributed by atoms with Gasteiger partial charge in [0.1, 0.15) is 11.3 Å². The molecule has 0 saturated heterocycles. The second-order valence-electron chi connectivity index (χ2n) is 4.65. The average molecular weight is 245 g/mol. The Morgan fingerprint density at radius 1 is 1.06 bits per heavy atom. The van der Waals surface area contributed by atoms with Gasteiger partial charge < -0.3 is 0 Å². The van der Waals surface area contributed by atoms with Gasteiger partial charge in [0.25, 0.3) is 5.82 Å². The lowest BCUT2D eigenvalue weighted by atomic mass is 10.2. The predicted octanol–water partition coefficient (Wildman–Crippen LogP) is 1.28. The van der Waals surface area contributed by atoms with Crippen LogP contribution in [0, 0.1) is 13.8 Å². The van der Waals surface area contributed by atoms with Crippen LogP contribution in [0.3, 0.4) is 0 Å². The number of H-pyrrole nitrogens is 3. The molecule has 3 N–H and O–H groups in total. The maximum atomic E-state index is 4.53. The Morgan fingerprint density at radius 2 is 1.78 bits per heavy atom. The van der Waals surface area contributed by atoms with Crippen LogP contribution in [0.4, 0.5) is 0 Å². The summed E-state index contributed by atoms with van der Waals surface area (Å²) in [5.41, 5.74) is 4.21. The standard InChI is InChI=1S/C12H16N6/c1-7-13-9-5-10-12(6-11(9)17(3)15-7)18(4)16-8(2)14-10/h5-6H,1-4H3,(H,13,15)(H,14,16)/p+1. The Bertz CT molecular complexity index is 717. The van der Waals surface area contributed by atoms with E-state index in [1.54, 1.807) is 0 Å². The monoisotopic (exact) mass is 245 g/mol. The summed E-state index contributed by atoms with van der Waals surface area (Å²) >= 11 is 0. The number of aromatic amines is 3. The molecular formula is C12H17N6+. The van der Waals surface area contributed by atoms with Crippen LogP contribution in [0.2, 0.25) is 0 Å². The minimum absolute atomic E-state index is 0.896. The van der Waals surface area contributed by atoms with Gasteiger partial charge in [-0.3, -0.25) is 9.78 Å². The van der Waals surface area contributed by atoms with Gasteiger partial charge in [0.2, 0.25) is 0 Å². The molecule has 0 radical (unpaired) electrons. The molecule has 0 aliphatic heterocycles.